The zero-order chi connectivity index (χ0) is 22.3. The van der Waals surface area contributed by atoms with Crippen LogP contribution in [0.4, 0.5) is 14.5 Å². The molecule has 0 radical (unpaired) electrons. The largest absolute Gasteiger partial charge is 0.507 e. The van der Waals surface area contributed by atoms with Crippen molar-refractivity contribution in [1.82, 2.24) is 4.98 Å². The number of amides is 1. The van der Waals surface area contributed by atoms with Crippen molar-refractivity contribution in [2.45, 2.75) is 19.9 Å². The highest BCUT2D eigenvalue weighted by Crippen LogP contribution is 2.42. The van der Waals surface area contributed by atoms with Crippen LogP contribution < -0.4 is 4.90 Å². The molecule has 1 aliphatic heterocycles. The van der Waals surface area contributed by atoms with Crippen LogP contribution in [0.2, 0.25) is 0 Å². The van der Waals surface area contributed by atoms with Crippen LogP contribution in [0.3, 0.4) is 0 Å². The number of ketones is 1. The third-order valence-corrected chi connectivity index (χ3v) is 5.39. The maximum atomic E-state index is 14.6. The van der Waals surface area contributed by atoms with Crippen molar-refractivity contribution in [3.8, 4) is 0 Å². The molecule has 1 atom stereocenters. The predicted molar refractivity (Wildman–Crippen MR) is 111 cm³/mol. The Hall–Kier alpha value is -3.87. The molecule has 1 aromatic heterocycles. The van der Waals surface area contributed by atoms with E-state index in [9.17, 15) is 23.5 Å². The maximum Gasteiger partial charge on any atom is 0.300 e. The van der Waals surface area contributed by atoms with E-state index >= 15 is 0 Å². The number of benzene rings is 2. The molecule has 5 nitrogen and oxygen atoms in total. The van der Waals surface area contributed by atoms with Gasteiger partial charge in [0.1, 0.15) is 17.4 Å². The fourth-order valence-electron chi connectivity index (χ4n) is 3.65. The highest BCUT2D eigenvalue weighted by Gasteiger charge is 2.47. The van der Waals surface area contributed by atoms with Gasteiger partial charge in [-0.25, -0.2) is 8.78 Å². The Balaban J connectivity index is 1.97. The first-order valence-electron chi connectivity index (χ1n) is 9.53. The van der Waals surface area contributed by atoms with Gasteiger partial charge in [-0.05, 0) is 54.8 Å². The molecule has 0 aliphatic carbocycles. The second-order valence-electron chi connectivity index (χ2n) is 7.35. The summed E-state index contributed by atoms with van der Waals surface area (Å²) in [5.74, 6) is -4.17. The number of aryl methyl sites for hydroxylation is 2. The van der Waals surface area contributed by atoms with Gasteiger partial charge >= 0.3 is 0 Å². The Morgan fingerprint density at radius 3 is 2.45 bits per heavy atom. The van der Waals surface area contributed by atoms with E-state index in [4.69, 9.17) is 0 Å². The number of hydrogen-bond acceptors (Lipinski definition) is 4. The average Bonchev–Trinajstić information content (AvgIpc) is 3.01. The Morgan fingerprint density at radius 1 is 1.03 bits per heavy atom. The minimum atomic E-state index is -1.13. The number of rotatable bonds is 3. The highest BCUT2D eigenvalue weighted by molar-refractivity contribution is 6.51. The minimum Gasteiger partial charge on any atom is -0.507 e. The summed E-state index contributed by atoms with van der Waals surface area (Å²) >= 11 is 0. The lowest BCUT2D eigenvalue weighted by atomic mass is 9.95. The smallest absolute Gasteiger partial charge is 0.300 e. The quantitative estimate of drug-likeness (QED) is 0.382. The van der Waals surface area contributed by atoms with E-state index in [0.717, 1.165) is 28.2 Å². The third kappa shape index (κ3) is 3.48. The molecule has 1 N–H and O–H groups in total. The maximum absolute atomic E-state index is 14.6. The molecule has 156 valence electrons. The van der Waals surface area contributed by atoms with Gasteiger partial charge < -0.3 is 5.11 Å². The summed E-state index contributed by atoms with van der Waals surface area (Å²) in [6, 6.07) is 9.96. The number of nitrogens with zero attached hydrogens (tertiary/aromatic N) is 2. The fourth-order valence-corrected chi connectivity index (χ4v) is 3.65. The lowest BCUT2D eigenvalue weighted by molar-refractivity contribution is -0.132. The standard InChI is InChI=1S/C24H18F2N2O3/c1-13-5-6-15(10-14(13)2)22(29)20-21(16-4-3-9-27-12-16)28(24(31)23(20)30)19-8-7-17(25)11-18(19)26/h3-12,21,29H,1-2H3/b22-20+. The summed E-state index contributed by atoms with van der Waals surface area (Å²) in [4.78, 5) is 30.9. The van der Waals surface area contributed by atoms with E-state index in [1.54, 1.807) is 30.3 Å². The molecule has 4 rings (SSSR count). The second kappa shape index (κ2) is 7.75. The Kier molecular flexibility index (Phi) is 5.10. The minimum absolute atomic E-state index is 0.190. The van der Waals surface area contributed by atoms with Gasteiger partial charge in [-0.15, -0.1) is 0 Å². The first-order chi connectivity index (χ1) is 14.8. The number of carbonyl (C=O) groups excluding carboxylic acids is 2. The number of pyridine rings is 1. The molecule has 3 aromatic rings. The summed E-state index contributed by atoms with van der Waals surface area (Å²) in [6.45, 7) is 3.77. The molecule has 7 heteroatoms. The Labute approximate surface area is 177 Å². The van der Waals surface area contributed by atoms with Crippen molar-refractivity contribution in [3.63, 3.8) is 0 Å². The first kappa shape index (κ1) is 20.4. The van der Waals surface area contributed by atoms with Crippen molar-refractivity contribution < 1.29 is 23.5 Å². The van der Waals surface area contributed by atoms with E-state index < -0.39 is 29.4 Å². The van der Waals surface area contributed by atoms with Crippen molar-refractivity contribution in [1.29, 1.82) is 0 Å². The summed E-state index contributed by atoms with van der Waals surface area (Å²) in [7, 11) is 0. The van der Waals surface area contributed by atoms with Crippen LogP contribution in [0.25, 0.3) is 5.76 Å². The van der Waals surface area contributed by atoms with Crippen molar-refractivity contribution >= 4 is 23.1 Å². The van der Waals surface area contributed by atoms with Crippen molar-refractivity contribution in [2.24, 2.45) is 0 Å². The van der Waals surface area contributed by atoms with Gasteiger partial charge in [-0.1, -0.05) is 18.2 Å². The summed E-state index contributed by atoms with van der Waals surface area (Å²) < 4.78 is 28.1. The molecule has 1 saturated heterocycles. The summed E-state index contributed by atoms with van der Waals surface area (Å²) in [5.41, 5.74) is 2.18. The van der Waals surface area contributed by atoms with Crippen LogP contribution in [0.1, 0.15) is 28.3 Å². The zero-order valence-electron chi connectivity index (χ0n) is 16.8. The number of carbonyl (C=O) groups is 2. The normalized spacial score (nSPS) is 17.9. The number of Topliss-reactive ketones (excluding diaryl/α,β-unsaturated/α-hetero) is 1. The van der Waals surface area contributed by atoms with Crippen molar-refractivity contribution in [2.75, 3.05) is 4.90 Å². The lowest BCUT2D eigenvalue weighted by Gasteiger charge is -2.25. The van der Waals surface area contributed by atoms with Gasteiger partial charge in [0, 0.05) is 24.0 Å². The predicted octanol–water partition coefficient (Wildman–Crippen LogP) is 4.60. The second-order valence-corrected chi connectivity index (χ2v) is 7.35. The van der Waals surface area contributed by atoms with Gasteiger partial charge in [0.05, 0.1) is 17.3 Å². The summed E-state index contributed by atoms with van der Waals surface area (Å²) in [6.07, 6.45) is 2.94. The Morgan fingerprint density at radius 2 is 1.81 bits per heavy atom. The summed E-state index contributed by atoms with van der Waals surface area (Å²) in [5, 5.41) is 11.0. The van der Waals surface area contributed by atoms with Crippen LogP contribution in [0, 0.1) is 25.5 Å². The van der Waals surface area contributed by atoms with E-state index in [2.05, 4.69) is 4.98 Å². The number of aliphatic hydroxyl groups is 1. The first-order valence-corrected chi connectivity index (χ1v) is 9.53. The number of aliphatic hydroxyl groups excluding tert-OH is 1. The highest BCUT2D eigenvalue weighted by atomic mass is 19.1. The fraction of sp³-hybridized carbons (Fsp3) is 0.125. The zero-order valence-corrected chi connectivity index (χ0v) is 16.8. The molecule has 2 heterocycles. The number of anilines is 1. The number of hydrogen-bond donors (Lipinski definition) is 1. The molecule has 1 fully saturated rings. The van der Waals surface area contributed by atoms with Crippen molar-refractivity contribution in [3.05, 3.63) is 100 Å². The van der Waals surface area contributed by atoms with Crippen LogP contribution >= 0.6 is 0 Å². The SMILES string of the molecule is Cc1ccc(/C(O)=C2\C(=O)C(=O)N(c3ccc(F)cc3F)C2c2cccnc2)cc1C. The molecule has 31 heavy (non-hydrogen) atoms. The molecule has 1 aliphatic rings. The monoisotopic (exact) mass is 420 g/mol. The molecular weight excluding hydrogens is 402 g/mol. The van der Waals surface area contributed by atoms with E-state index in [1.807, 2.05) is 13.8 Å². The molecule has 2 aromatic carbocycles. The van der Waals surface area contributed by atoms with E-state index in [0.29, 0.717) is 17.2 Å². The van der Waals surface area contributed by atoms with Crippen LogP contribution in [-0.4, -0.2) is 21.8 Å². The van der Waals surface area contributed by atoms with Gasteiger partial charge in [0.25, 0.3) is 11.7 Å². The van der Waals surface area contributed by atoms with Gasteiger partial charge in [0.2, 0.25) is 0 Å². The third-order valence-electron chi connectivity index (χ3n) is 5.39. The van der Waals surface area contributed by atoms with Gasteiger partial charge in [-0.3, -0.25) is 19.5 Å². The average molecular weight is 420 g/mol. The molecule has 0 spiro atoms. The van der Waals surface area contributed by atoms with E-state index in [1.165, 1.54) is 12.4 Å². The van der Waals surface area contributed by atoms with E-state index in [-0.39, 0.29) is 17.0 Å². The van der Waals surface area contributed by atoms with Gasteiger partial charge in [-0.2, -0.15) is 0 Å². The van der Waals surface area contributed by atoms with Crippen LogP contribution in [0.15, 0.2) is 66.5 Å². The lowest BCUT2D eigenvalue weighted by Crippen LogP contribution is -2.30. The molecule has 1 unspecified atom stereocenters. The number of aromatic nitrogens is 1. The number of halogens is 2. The molecule has 1 amide bonds. The molecule has 0 saturated carbocycles. The van der Waals surface area contributed by atoms with Crippen LogP contribution in [-0.2, 0) is 9.59 Å². The van der Waals surface area contributed by atoms with Gasteiger partial charge in [0.15, 0.2) is 0 Å². The Bertz CT molecular complexity index is 1240. The van der Waals surface area contributed by atoms with Crippen LogP contribution in [0.5, 0.6) is 0 Å². The molecular formula is C24H18F2N2O3. The molecule has 0 bridgehead atoms. The topological polar surface area (TPSA) is 70.5 Å².